The number of nitrogens with zero attached hydrogens (tertiary/aromatic N) is 3. The lowest BCUT2D eigenvalue weighted by Gasteiger charge is -2.22. The summed E-state index contributed by atoms with van der Waals surface area (Å²) in [7, 11) is 1.65. The quantitative estimate of drug-likeness (QED) is 0.359. The molecule has 0 amide bonds. The van der Waals surface area contributed by atoms with Crippen LogP contribution in [-0.2, 0) is 24.2 Å². The smallest absolute Gasteiger partial charge is 0.339 e. The van der Waals surface area contributed by atoms with Crippen molar-refractivity contribution in [3.8, 4) is 5.75 Å². The van der Waals surface area contributed by atoms with E-state index in [1.165, 1.54) is 0 Å². The molecule has 0 radical (unpaired) electrons. The Balaban J connectivity index is 1.54. The van der Waals surface area contributed by atoms with Crippen molar-refractivity contribution in [2.75, 3.05) is 7.11 Å². The lowest BCUT2D eigenvalue weighted by Crippen LogP contribution is -2.15. The maximum absolute atomic E-state index is 13.3. The summed E-state index contributed by atoms with van der Waals surface area (Å²) in [6, 6.07) is 15.6. The van der Waals surface area contributed by atoms with Crippen molar-refractivity contribution in [1.29, 1.82) is 0 Å². The number of hydrogen-bond acceptors (Lipinski definition) is 7. The predicted octanol–water partition coefficient (Wildman–Crippen LogP) is 5.42. The zero-order chi connectivity index (χ0) is 23.5. The van der Waals surface area contributed by atoms with Gasteiger partial charge in [0, 0.05) is 11.8 Å². The number of pyridine rings is 1. The molecule has 0 fully saturated rings. The molecule has 2 heterocycles. The van der Waals surface area contributed by atoms with Crippen molar-refractivity contribution < 1.29 is 18.7 Å². The normalized spacial score (nSPS) is 14.2. The summed E-state index contributed by atoms with van der Waals surface area (Å²) >= 11 is 0. The van der Waals surface area contributed by atoms with Crippen molar-refractivity contribution in [2.24, 2.45) is 0 Å². The van der Waals surface area contributed by atoms with E-state index in [9.17, 15) is 4.79 Å². The first-order valence-corrected chi connectivity index (χ1v) is 11.4. The maximum Gasteiger partial charge on any atom is 0.339 e. The Bertz CT molecular complexity index is 1370. The van der Waals surface area contributed by atoms with Crippen molar-refractivity contribution >= 4 is 28.5 Å². The fourth-order valence-electron chi connectivity index (χ4n) is 4.30. The van der Waals surface area contributed by atoms with Gasteiger partial charge in [-0.2, -0.15) is 0 Å². The molecule has 2 aromatic carbocycles. The summed E-state index contributed by atoms with van der Waals surface area (Å²) in [6.07, 6.45) is 5.35. The number of hydrogen-bond donors (Lipinski definition) is 0. The number of carbonyl (C=O) groups excluding carboxylic acids is 1. The number of aromatic nitrogens is 3. The second-order valence-electron chi connectivity index (χ2n) is 8.15. The Morgan fingerprint density at radius 1 is 1.06 bits per heavy atom. The van der Waals surface area contributed by atoms with E-state index >= 15 is 0 Å². The topological polar surface area (TPSA) is 87.3 Å². The molecule has 172 valence electrons. The highest BCUT2D eigenvalue weighted by atomic mass is 16.5. The number of carbonyl (C=O) groups is 1. The van der Waals surface area contributed by atoms with Gasteiger partial charge in [-0.3, -0.25) is 0 Å². The summed E-state index contributed by atoms with van der Waals surface area (Å²) < 4.78 is 16.4. The van der Waals surface area contributed by atoms with Gasteiger partial charge >= 0.3 is 5.97 Å². The molecule has 0 saturated carbocycles. The van der Waals surface area contributed by atoms with Crippen LogP contribution in [0.3, 0.4) is 0 Å². The molecule has 0 atom stereocenters. The molecule has 0 saturated heterocycles. The molecule has 7 nitrogen and oxygen atoms in total. The molecule has 0 bridgehead atoms. The SMILES string of the molecule is CCc1nnc(COC(=O)c2c3c(nc4ccccc24)C(=Cc2ccc(OC)cc2)CCC3)o1. The Kier molecular flexibility index (Phi) is 6.08. The Morgan fingerprint density at radius 3 is 2.62 bits per heavy atom. The first-order valence-electron chi connectivity index (χ1n) is 11.4. The number of allylic oxidation sites excluding steroid dienone is 1. The molecule has 5 rings (SSSR count). The van der Waals surface area contributed by atoms with Gasteiger partial charge < -0.3 is 13.9 Å². The first kappa shape index (κ1) is 21.8. The van der Waals surface area contributed by atoms with Gasteiger partial charge in [-0.05, 0) is 60.2 Å². The minimum Gasteiger partial charge on any atom is -0.497 e. The van der Waals surface area contributed by atoms with Crippen LogP contribution in [0, 0.1) is 0 Å². The molecule has 0 unspecified atom stereocenters. The third kappa shape index (κ3) is 4.29. The van der Waals surface area contributed by atoms with E-state index < -0.39 is 5.97 Å². The van der Waals surface area contributed by atoms with Gasteiger partial charge in [0.1, 0.15) is 5.75 Å². The average molecular weight is 456 g/mol. The van der Waals surface area contributed by atoms with Gasteiger partial charge in [0.15, 0.2) is 6.61 Å². The van der Waals surface area contributed by atoms with Gasteiger partial charge in [0.05, 0.1) is 23.9 Å². The largest absolute Gasteiger partial charge is 0.497 e. The number of aryl methyl sites for hydroxylation is 1. The molecule has 2 aromatic heterocycles. The lowest BCUT2D eigenvalue weighted by atomic mass is 9.86. The predicted molar refractivity (Wildman–Crippen MR) is 128 cm³/mol. The Hall–Kier alpha value is -4.00. The summed E-state index contributed by atoms with van der Waals surface area (Å²) in [5.74, 6) is 1.22. The maximum atomic E-state index is 13.3. The standard InChI is InChI=1S/C27H25N3O4/c1-3-23-29-30-24(34-23)16-33-27(31)25-20-8-4-5-10-22(20)28-26-18(7-6-9-21(25)26)15-17-11-13-19(32-2)14-12-17/h4-5,8,10-15H,3,6-7,9,16H2,1-2H3. The van der Waals surface area contributed by atoms with E-state index in [0.29, 0.717) is 17.9 Å². The van der Waals surface area contributed by atoms with E-state index in [1.807, 2.05) is 55.5 Å². The highest BCUT2D eigenvalue weighted by molar-refractivity contribution is 6.06. The van der Waals surface area contributed by atoms with Crippen LogP contribution in [0.4, 0.5) is 0 Å². The lowest BCUT2D eigenvalue weighted by molar-refractivity contribution is 0.0437. The molecule has 1 aliphatic carbocycles. The number of methoxy groups -OCH3 is 1. The highest BCUT2D eigenvalue weighted by Gasteiger charge is 2.26. The first-order chi connectivity index (χ1) is 16.7. The van der Waals surface area contributed by atoms with E-state index in [2.05, 4.69) is 16.3 Å². The molecule has 0 N–H and O–H groups in total. The number of benzene rings is 2. The second-order valence-corrected chi connectivity index (χ2v) is 8.15. The molecular weight excluding hydrogens is 430 g/mol. The van der Waals surface area contributed by atoms with Crippen LogP contribution in [0.15, 0.2) is 52.9 Å². The molecule has 1 aliphatic rings. The zero-order valence-electron chi connectivity index (χ0n) is 19.2. The van der Waals surface area contributed by atoms with Crippen molar-refractivity contribution in [3.05, 3.63) is 82.7 Å². The summed E-state index contributed by atoms with van der Waals surface area (Å²) in [6.45, 7) is 1.86. The van der Waals surface area contributed by atoms with Crippen LogP contribution in [0.2, 0.25) is 0 Å². The van der Waals surface area contributed by atoms with Crippen molar-refractivity contribution in [1.82, 2.24) is 15.2 Å². The third-order valence-corrected chi connectivity index (χ3v) is 5.97. The minimum absolute atomic E-state index is 0.0637. The molecule has 34 heavy (non-hydrogen) atoms. The number of ether oxygens (including phenoxy) is 2. The van der Waals surface area contributed by atoms with Crippen molar-refractivity contribution in [3.63, 3.8) is 0 Å². The number of esters is 1. The third-order valence-electron chi connectivity index (χ3n) is 5.97. The number of para-hydroxylation sites is 1. The molecule has 0 spiro atoms. The van der Waals surface area contributed by atoms with Crippen LogP contribution in [-0.4, -0.2) is 28.3 Å². The summed E-state index contributed by atoms with van der Waals surface area (Å²) in [4.78, 5) is 18.3. The van der Waals surface area contributed by atoms with Gasteiger partial charge in [-0.1, -0.05) is 37.3 Å². The van der Waals surface area contributed by atoms with Crippen LogP contribution in [0.25, 0.3) is 22.6 Å². The van der Waals surface area contributed by atoms with Gasteiger partial charge in [0.2, 0.25) is 5.89 Å². The van der Waals surface area contributed by atoms with E-state index in [-0.39, 0.29) is 12.5 Å². The average Bonchev–Trinajstić information content (AvgIpc) is 3.35. The van der Waals surface area contributed by atoms with Crippen LogP contribution >= 0.6 is 0 Å². The highest BCUT2D eigenvalue weighted by Crippen LogP contribution is 2.36. The fraction of sp³-hybridized carbons (Fsp3) is 0.259. The van der Waals surface area contributed by atoms with Crippen LogP contribution in [0.5, 0.6) is 5.75 Å². The molecule has 0 aliphatic heterocycles. The van der Waals surface area contributed by atoms with E-state index in [1.54, 1.807) is 7.11 Å². The summed E-state index contributed by atoms with van der Waals surface area (Å²) in [5.41, 5.74) is 5.28. The molecular formula is C27H25N3O4. The van der Waals surface area contributed by atoms with Gasteiger partial charge in [-0.15, -0.1) is 10.2 Å². The molecule has 4 aromatic rings. The number of rotatable bonds is 6. The minimum atomic E-state index is -0.406. The number of fused-ring (bicyclic) bond motifs is 2. The van der Waals surface area contributed by atoms with Gasteiger partial charge in [-0.25, -0.2) is 9.78 Å². The summed E-state index contributed by atoms with van der Waals surface area (Å²) in [5, 5.41) is 8.67. The zero-order valence-corrected chi connectivity index (χ0v) is 19.2. The monoisotopic (exact) mass is 455 g/mol. The van der Waals surface area contributed by atoms with Crippen LogP contribution < -0.4 is 4.74 Å². The Labute approximate surface area is 197 Å². The van der Waals surface area contributed by atoms with Crippen molar-refractivity contribution in [2.45, 2.75) is 39.2 Å². The molecule has 7 heteroatoms. The van der Waals surface area contributed by atoms with Gasteiger partial charge in [0.25, 0.3) is 5.89 Å². The second kappa shape index (κ2) is 9.47. The van der Waals surface area contributed by atoms with E-state index in [0.717, 1.165) is 58.3 Å². The van der Waals surface area contributed by atoms with E-state index in [4.69, 9.17) is 18.9 Å². The Morgan fingerprint density at radius 2 is 1.85 bits per heavy atom. The fourth-order valence-corrected chi connectivity index (χ4v) is 4.30. The van der Waals surface area contributed by atoms with Crippen LogP contribution in [0.1, 0.15) is 58.7 Å².